The molecule has 9 heteroatoms. The van der Waals surface area contributed by atoms with E-state index in [1.807, 2.05) is 42.0 Å². The van der Waals surface area contributed by atoms with Gasteiger partial charge in [-0.2, -0.15) is 0 Å². The van der Waals surface area contributed by atoms with E-state index in [0.717, 1.165) is 11.3 Å². The number of imidazole rings is 1. The molecule has 3 aromatic carbocycles. The molecule has 0 aliphatic heterocycles. The van der Waals surface area contributed by atoms with Crippen LogP contribution in [-0.2, 0) is 10.0 Å². The fourth-order valence-corrected chi connectivity index (χ4v) is 4.84. The number of aromatic nitrogens is 2. The molecular weight excluding hydrogens is 464 g/mol. The molecular formula is C26H26N4O4S. The predicted octanol–water partition coefficient (Wildman–Crippen LogP) is 4.20. The molecule has 4 rings (SSSR count). The molecule has 1 unspecified atom stereocenters. The van der Waals surface area contributed by atoms with Crippen molar-refractivity contribution in [2.45, 2.75) is 17.9 Å². The van der Waals surface area contributed by atoms with E-state index in [9.17, 15) is 13.2 Å². The van der Waals surface area contributed by atoms with E-state index in [4.69, 9.17) is 4.74 Å². The minimum atomic E-state index is -3.87. The van der Waals surface area contributed by atoms with Crippen LogP contribution in [0.25, 0.3) is 5.69 Å². The number of hydrogen-bond donors (Lipinski definition) is 1. The molecule has 0 radical (unpaired) electrons. The number of hydrogen-bond acceptors (Lipinski definition) is 5. The normalized spacial score (nSPS) is 12.1. The maximum absolute atomic E-state index is 13.2. The molecule has 0 aliphatic rings. The van der Waals surface area contributed by atoms with Crippen LogP contribution in [-0.4, -0.2) is 38.0 Å². The highest BCUT2D eigenvalue weighted by Gasteiger charge is 2.23. The van der Waals surface area contributed by atoms with Crippen LogP contribution in [0, 0.1) is 0 Å². The first-order valence-corrected chi connectivity index (χ1v) is 12.4. The van der Waals surface area contributed by atoms with Crippen molar-refractivity contribution in [2.75, 3.05) is 18.5 Å². The molecule has 0 saturated carbocycles. The van der Waals surface area contributed by atoms with Gasteiger partial charge in [0, 0.05) is 30.7 Å². The number of sulfonamides is 1. The van der Waals surface area contributed by atoms with Gasteiger partial charge >= 0.3 is 0 Å². The van der Waals surface area contributed by atoms with Gasteiger partial charge in [0.05, 0.1) is 30.1 Å². The summed E-state index contributed by atoms with van der Waals surface area (Å²) in [5.41, 5.74) is 2.62. The van der Waals surface area contributed by atoms with Gasteiger partial charge in [-0.05, 0) is 67.1 Å². The lowest BCUT2D eigenvalue weighted by Crippen LogP contribution is -2.28. The van der Waals surface area contributed by atoms with E-state index >= 15 is 0 Å². The molecule has 1 heterocycles. The van der Waals surface area contributed by atoms with Gasteiger partial charge in [-0.15, -0.1) is 0 Å². The molecule has 1 aromatic heterocycles. The quantitative estimate of drug-likeness (QED) is 0.400. The largest absolute Gasteiger partial charge is 0.497 e. The second-order valence-electron chi connectivity index (χ2n) is 7.96. The third kappa shape index (κ3) is 5.20. The van der Waals surface area contributed by atoms with E-state index in [1.54, 1.807) is 56.0 Å². The zero-order valence-corrected chi connectivity index (χ0v) is 20.4. The minimum Gasteiger partial charge on any atom is -0.497 e. The standard InChI is InChI=1S/C26H26N4O4S/c1-19(20-7-9-23(10-8-20)30-16-15-27-18-30)28-26(31)21-5-4-6-25(17-21)35(32,33)29(2)22-11-13-24(34-3)14-12-22/h4-19H,1-3H3,(H,28,31). The zero-order chi connectivity index (χ0) is 25.0. The Labute approximate surface area is 204 Å². The van der Waals surface area contributed by atoms with Crippen molar-refractivity contribution in [3.63, 3.8) is 0 Å². The van der Waals surface area contributed by atoms with E-state index in [1.165, 1.54) is 23.5 Å². The SMILES string of the molecule is COc1ccc(N(C)S(=O)(=O)c2cccc(C(=O)NC(C)c3ccc(-n4ccnc4)cc3)c2)cc1. The van der Waals surface area contributed by atoms with Gasteiger partial charge in [-0.25, -0.2) is 13.4 Å². The number of ether oxygens (including phenoxy) is 1. The Bertz CT molecular complexity index is 1400. The number of carbonyl (C=O) groups is 1. The summed E-state index contributed by atoms with van der Waals surface area (Å²) in [7, 11) is -0.853. The summed E-state index contributed by atoms with van der Waals surface area (Å²) in [6.07, 6.45) is 5.28. The number of rotatable bonds is 8. The van der Waals surface area contributed by atoms with Gasteiger partial charge in [0.2, 0.25) is 0 Å². The number of methoxy groups -OCH3 is 1. The molecule has 1 atom stereocenters. The maximum atomic E-state index is 13.2. The molecule has 4 aromatic rings. The van der Waals surface area contributed by atoms with Crippen molar-refractivity contribution in [1.82, 2.24) is 14.9 Å². The maximum Gasteiger partial charge on any atom is 0.264 e. The van der Waals surface area contributed by atoms with Crippen molar-refractivity contribution >= 4 is 21.6 Å². The van der Waals surface area contributed by atoms with Crippen LogP contribution >= 0.6 is 0 Å². The number of amides is 1. The van der Waals surface area contributed by atoms with Crippen LogP contribution in [0.1, 0.15) is 28.9 Å². The van der Waals surface area contributed by atoms with Gasteiger partial charge in [0.15, 0.2) is 0 Å². The van der Waals surface area contributed by atoms with Gasteiger partial charge in [-0.3, -0.25) is 9.10 Å². The van der Waals surface area contributed by atoms with Crippen molar-refractivity contribution in [3.05, 3.63) is 103 Å². The molecule has 0 spiro atoms. The lowest BCUT2D eigenvalue weighted by molar-refractivity contribution is 0.0939. The first-order chi connectivity index (χ1) is 16.8. The highest BCUT2D eigenvalue weighted by molar-refractivity contribution is 7.92. The predicted molar refractivity (Wildman–Crippen MR) is 134 cm³/mol. The Balaban J connectivity index is 1.49. The fourth-order valence-electron chi connectivity index (χ4n) is 3.60. The number of carbonyl (C=O) groups excluding carboxylic acids is 1. The molecule has 1 N–H and O–H groups in total. The summed E-state index contributed by atoms with van der Waals surface area (Å²) in [6.45, 7) is 1.88. The molecule has 35 heavy (non-hydrogen) atoms. The van der Waals surface area contributed by atoms with E-state index in [2.05, 4.69) is 10.3 Å². The van der Waals surface area contributed by atoms with Crippen LogP contribution < -0.4 is 14.4 Å². The van der Waals surface area contributed by atoms with Crippen LogP contribution in [0.5, 0.6) is 5.75 Å². The second kappa shape index (κ2) is 10.0. The second-order valence-corrected chi connectivity index (χ2v) is 9.92. The smallest absolute Gasteiger partial charge is 0.264 e. The van der Waals surface area contributed by atoms with Gasteiger partial charge < -0.3 is 14.6 Å². The van der Waals surface area contributed by atoms with Gasteiger partial charge in [0.1, 0.15) is 5.75 Å². The number of nitrogens with zero attached hydrogens (tertiary/aromatic N) is 3. The molecule has 1 amide bonds. The van der Waals surface area contributed by atoms with Crippen molar-refractivity contribution in [1.29, 1.82) is 0 Å². The molecule has 0 fully saturated rings. The Morgan fingerprint density at radius 1 is 1.06 bits per heavy atom. The number of benzene rings is 3. The van der Waals surface area contributed by atoms with Crippen molar-refractivity contribution in [3.8, 4) is 11.4 Å². The molecule has 0 aliphatic carbocycles. The molecule has 0 saturated heterocycles. The van der Waals surface area contributed by atoms with E-state index < -0.39 is 10.0 Å². The van der Waals surface area contributed by atoms with Gasteiger partial charge in [-0.1, -0.05) is 18.2 Å². The number of nitrogens with one attached hydrogen (secondary N) is 1. The van der Waals surface area contributed by atoms with Crippen LogP contribution in [0.3, 0.4) is 0 Å². The average Bonchev–Trinajstić information content (AvgIpc) is 3.43. The monoisotopic (exact) mass is 490 g/mol. The first kappa shape index (κ1) is 24.0. The average molecular weight is 491 g/mol. The van der Waals surface area contributed by atoms with E-state index in [-0.39, 0.29) is 22.4 Å². The summed E-state index contributed by atoms with van der Waals surface area (Å²) >= 11 is 0. The Kier molecular flexibility index (Phi) is 6.88. The molecule has 0 bridgehead atoms. The Hall–Kier alpha value is -4.11. The zero-order valence-electron chi connectivity index (χ0n) is 19.6. The molecule has 180 valence electrons. The number of anilines is 1. The lowest BCUT2D eigenvalue weighted by atomic mass is 10.1. The molecule has 8 nitrogen and oxygen atoms in total. The van der Waals surface area contributed by atoms with Crippen LogP contribution in [0.2, 0.25) is 0 Å². The lowest BCUT2D eigenvalue weighted by Gasteiger charge is -2.20. The summed E-state index contributed by atoms with van der Waals surface area (Å²) in [4.78, 5) is 17.0. The third-order valence-corrected chi connectivity index (χ3v) is 7.52. The highest BCUT2D eigenvalue weighted by Crippen LogP contribution is 2.25. The van der Waals surface area contributed by atoms with Crippen molar-refractivity contribution in [2.24, 2.45) is 0 Å². The van der Waals surface area contributed by atoms with Crippen LogP contribution in [0.4, 0.5) is 5.69 Å². The minimum absolute atomic E-state index is 0.0285. The van der Waals surface area contributed by atoms with E-state index in [0.29, 0.717) is 11.4 Å². The summed E-state index contributed by atoms with van der Waals surface area (Å²) in [5.74, 6) is 0.268. The van der Waals surface area contributed by atoms with Crippen molar-refractivity contribution < 1.29 is 17.9 Å². The third-order valence-electron chi connectivity index (χ3n) is 5.73. The fraction of sp³-hybridized carbons (Fsp3) is 0.154. The van der Waals surface area contributed by atoms with Gasteiger partial charge in [0.25, 0.3) is 15.9 Å². The summed E-state index contributed by atoms with van der Waals surface area (Å²) in [5, 5.41) is 2.94. The topological polar surface area (TPSA) is 93.5 Å². The summed E-state index contributed by atoms with van der Waals surface area (Å²) in [6, 6.07) is 20.2. The first-order valence-electron chi connectivity index (χ1n) is 10.9. The Morgan fingerprint density at radius 3 is 2.40 bits per heavy atom. The highest BCUT2D eigenvalue weighted by atomic mass is 32.2. The Morgan fingerprint density at radius 2 is 1.77 bits per heavy atom. The summed E-state index contributed by atoms with van der Waals surface area (Å²) < 4.78 is 34.6. The van der Waals surface area contributed by atoms with Crippen LogP contribution in [0.15, 0.2) is 96.4 Å².